The van der Waals surface area contributed by atoms with Crippen molar-refractivity contribution in [1.29, 1.82) is 5.26 Å². The van der Waals surface area contributed by atoms with Gasteiger partial charge in [-0.15, -0.1) is 0 Å². The van der Waals surface area contributed by atoms with Crippen molar-refractivity contribution in [2.24, 2.45) is 0 Å². The van der Waals surface area contributed by atoms with Crippen LogP contribution in [-0.4, -0.2) is 21.6 Å². The number of nitrogens with zero attached hydrogens (tertiary/aromatic N) is 3. The van der Waals surface area contributed by atoms with Crippen LogP contribution < -0.4 is 5.32 Å². The van der Waals surface area contributed by atoms with Crippen LogP contribution >= 0.6 is 11.8 Å². The zero-order chi connectivity index (χ0) is 22.0. The van der Waals surface area contributed by atoms with Crippen LogP contribution in [0.1, 0.15) is 22.4 Å². The Labute approximate surface area is 180 Å². The van der Waals surface area contributed by atoms with E-state index in [0.717, 1.165) is 17.3 Å². The summed E-state index contributed by atoms with van der Waals surface area (Å²) in [7, 11) is 0. The lowest BCUT2D eigenvalue weighted by atomic mass is 9.88. The molecule has 1 aromatic heterocycles. The number of rotatable bonds is 4. The van der Waals surface area contributed by atoms with Gasteiger partial charge in [0.25, 0.3) is 0 Å². The highest BCUT2D eigenvalue weighted by atomic mass is 32.2. The maximum atomic E-state index is 13.7. The number of aromatic nitrogens is 2. The van der Waals surface area contributed by atoms with E-state index in [1.54, 1.807) is 36.4 Å². The van der Waals surface area contributed by atoms with Gasteiger partial charge in [0, 0.05) is 16.8 Å². The van der Waals surface area contributed by atoms with Crippen molar-refractivity contribution in [3.05, 3.63) is 70.9 Å². The van der Waals surface area contributed by atoms with Gasteiger partial charge in [-0.05, 0) is 42.7 Å². The first-order valence-electron chi connectivity index (χ1n) is 9.34. The van der Waals surface area contributed by atoms with E-state index in [1.807, 2.05) is 18.2 Å². The van der Waals surface area contributed by atoms with Crippen LogP contribution in [0.15, 0.2) is 53.7 Å². The number of carbonyl (C=O) groups excluding carboxylic acids is 1. The highest BCUT2D eigenvalue weighted by Gasteiger charge is 2.38. The number of nitriles is 1. The summed E-state index contributed by atoms with van der Waals surface area (Å²) in [5, 5.41) is 11.4. The maximum Gasteiger partial charge on any atom is 0.433 e. The van der Waals surface area contributed by atoms with Gasteiger partial charge in [0.15, 0.2) is 10.9 Å². The summed E-state index contributed by atoms with van der Waals surface area (Å²) in [6.45, 7) is 0. The molecular weight excluding hydrogens is 425 g/mol. The van der Waals surface area contributed by atoms with Crippen LogP contribution in [0.4, 0.5) is 18.9 Å². The average molecular weight is 440 g/mol. The Kier molecular flexibility index (Phi) is 5.65. The second kappa shape index (κ2) is 8.40. The number of fused-ring (bicyclic) bond motifs is 3. The lowest BCUT2D eigenvalue weighted by molar-refractivity contribution is -0.142. The Balaban J connectivity index is 1.57. The Bertz CT molecular complexity index is 1190. The van der Waals surface area contributed by atoms with Gasteiger partial charge in [0.2, 0.25) is 5.91 Å². The molecule has 1 heterocycles. The number of hydrogen-bond donors (Lipinski definition) is 1. The first-order valence-corrected chi connectivity index (χ1v) is 10.3. The summed E-state index contributed by atoms with van der Waals surface area (Å²) in [6, 6.07) is 15.5. The molecule has 0 bridgehead atoms. The minimum absolute atomic E-state index is 0.0950. The minimum Gasteiger partial charge on any atom is -0.325 e. The summed E-state index contributed by atoms with van der Waals surface area (Å²) >= 11 is 0.847. The predicted molar refractivity (Wildman–Crippen MR) is 110 cm³/mol. The van der Waals surface area contributed by atoms with Crippen LogP contribution in [0.2, 0.25) is 0 Å². The van der Waals surface area contributed by atoms with E-state index in [4.69, 9.17) is 5.26 Å². The number of alkyl halides is 3. The molecule has 0 atom stereocenters. The summed E-state index contributed by atoms with van der Waals surface area (Å²) in [6.07, 6.45) is -3.90. The molecule has 9 heteroatoms. The molecule has 1 amide bonds. The molecule has 3 aromatic rings. The van der Waals surface area contributed by atoms with E-state index < -0.39 is 17.8 Å². The number of nitrogens with one attached hydrogen (secondary N) is 1. The van der Waals surface area contributed by atoms with Gasteiger partial charge in [-0.25, -0.2) is 9.97 Å². The molecule has 1 aliphatic rings. The van der Waals surface area contributed by atoms with E-state index in [9.17, 15) is 18.0 Å². The zero-order valence-electron chi connectivity index (χ0n) is 16.0. The number of amides is 1. The molecule has 0 saturated heterocycles. The van der Waals surface area contributed by atoms with Gasteiger partial charge in [0.1, 0.15) is 0 Å². The number of carbonyl (C=O) groups is 1. The highest BCUT2D eigenvalue weighted by Crippen LogP contribution is 2.40. The summed E-state index contributed by atoms with van der Waals surface area (Å²) in [4.78, 5) is 20.3. The quantitative estimate of drug-likeness (QED) is 0.463. The van der Waals surface area contributed by atoms with Gasteiger partial charge < -0.3 is 5.32 Å². The molecule has 31 heavy (non-hydrogen) atoms. The second-order valence-electron chi connectivity index (χ2n) is 6.86. The topological polar surface area (TPSA) is 78.7 Å². The molecule has 0 unspecified atom stereocenters. The SMILES string of the molecule is N#Cc1ccc(NC(=O)CSc2nc3c(c(C(F)(F)F)n2)CCc2ccccc2-3)cc1. The highest BCUT2D eigenvalue weighted by molar-refractivity contribution is 7.99. The number of aryl methyl sites for hydroxylation is 1. The Morgan fingerprint density at radius 2 is 1.84 bits per heavy atom. The standard InChI is InChI=1S/C22H15F3N4OS/c23-22(24,25)20-17-10-7-14-3-1-2-4-16(14)19(17)28-21(29-20)31-12-18(30)27-15-8-5-13(11-26)6-9-15/h1-6,8-9H,7,10,12H2,(H,27,30). The Morgan fingerprint density at radius 1 is 1.10 bits per heavy atom. The van der Waals surface area contributed by atoms with Gasteiger partial charge in [0.05, 0.1) is 23.1 Å². The minimum atomic E-state index is -4.61. The number of halogens is 3. The lowest BCUT2D eigenvalue weighted by Gasteiger charge is -2.22. The average Bonchev–Trinajstić information content (AvgIpc) is 2.77. The molecule has 5 nitrogen and oxygen atoms in total. The van der Waals surface area contributed by atoms with Gasteiger partial charge in [-0.1, -0.05) is 36.0 Å². The summed E-state index contributed by atoms with van der Waals surface area (Å²) in [5.74, 6) is -0.567. The lowest BCUT2D eigenvalue weighted by Crippen LogP contribution is -2.19. The molecule has 0 aliphatic heterocycles. The Morgan fingerprint density at radius 3 is 2.55 bits per heavy atom. The van der Waals surface area contributed by atoms with E-state index in [1.165, 1.54) is 0 Å². The molecular formula is C22H15F3N4OS. The molecule has 0 radical (unpaired) electrons. The van der Waals surface area contributed by atoms with E-state index in [2.05, 4.69) is 15.3 Å². The van der Waals surface area contributed by atoms with E-state index >= 15 is 0 Å². The molecule has 0 fully saturated rings. The maximum absolute atomic E-state index is 13.7. The first-order chi connectivity index (χ1) is 14.8. The number of hydrogen-bond acceptors (Lipinski definition) is 5. The fraction of sp³-hybridized carbons (Fsp3) is 0.182. The van der Waals surface area contributed by atoms with Crippen LogP contribution in [0.3, 0.4) is 0 Å². The molecule has 2 aromatic carbocycles. The number of anilines is 1. The zero-order valence-corrected chi connectivity index (χ0v) is 16.8. The molecule has 1 aliphatic carbocycles. The van der Waals surface area contributed by atoms with Crippen LogP contribution in [-0.2, 0) is 23.8 Å². The number of thioether (sulfide) groups is 1. The third kappa shape index (κ3) is 4.54. The van der Waals surface area contributed by atoms with Gasteiger partial charge in [-0.2, -0.15) is 18.4 Å². The van der Waals surface area contributed by atoms with Crippen molar-refractivity contribution in [2.75, 3.05) is 11.1 Å². The van der Waals surface area contributed by atoms with Gasteiger partial charge in [-0.3, -0.25) is 4.79 Å². The Hall–Kier alpha value is -3.38. The normalized spacial score (nSPS) is 12.5. The summed E-state index contributed by atoms with van der Waals surface area (Å²) < 4.78 is 41.0. The van der Waals surface area contributed by atoms with Crippen molar-refractivity contribution < 1.29 is 18.0 Å². The van der Waals surface area contributed by atoms with Crippen LogP contribution in [0, 0.1) is 11.3 Å². The fourth-order valence-corrected chi connectivity index (χ4v) is 4.05. The smallest absolute Gasteiger partial charge is 0.325 e. The van der Waals surface area contributed by atoms with Crippen molar-refractivity contribution in [1.82, 2.24) is 9.97 Å². The van der Waals surface area contributed by atoms with Crippen molar-refractivity contribution >= 4 is 23.4 Å². The third-order valence-corrected chi connectivity index (χ3v) is 5.65. The largest absolute Gasteiger partial charge is 0.433 e. The fourth-order valence-electron chi connectivity index (χ4n) is 3.41. The summed E-state index contributed by atoms with van der Waals surface area (Å²) in [5.41, 5.74) is 1.98. The molecule has 0 spiro atoms. The van der Waals surface area contributed by atoms with Crippen molar-refractivity contribution in [2.45, 2.75) is 24.2 Å². The first kappa shape index (κ1) is 20.9. The van der Waals surface area contributed by atoms with Crippen LogP contribution in [0.5, 0.6) is 0 Å². The third-order valence-electron chi connectivity index (χ3n) is 4.80. The van der Waals surface area contributed by atoms with E-state index in [0.29, 0.717) is 23.2 Å². The molecule has 1 N–H and O–H groups in total. The van der Waals surface area contributed by atoms with Gasteiger partial charge >= 0.3 is 6.18 Å². The van der Waals surface area contributed by atoms with Crippen molar-refractivity contribution in [3.8, 4) is 17.3 Å². The second-order valence-corrected chi connectivity index (χ2v) is 7.81. The van der Waals surface area contributed by atoms with Crippen molar-refractivity contribution in [3.63, 3.8) is 0 Å². The molecule has 156 valence electrons. The van der Waals surface area contributed by atoms with E-state index in [-0.39, 0.29) is 28.6 Å². The van der Waals surface area contributed by atoms with Crippen LogP contribution in [0.25, 0.3) is 11.3 Å². The molecule has 0 saturated carbocycles. The monoisotopic (exact) mass is 440 g/mol. The molecule has 4 rings (SSSR count). The predicted octanol–water partition coefficient (Wildman–Crippen LogP) is 4.86. The number of benzene rings is 2.